The molecule has 8 aromatic rings. The van der Waals surface area contributed by atoms with Crippen molar-refractivity contribution in [3.8, 4) is 39.4 Å². The first kappa shape index (κ1) is 33.0. The summed E-state index contributed by atoms with van der Waals surface area (Å²) in [6.07, 6.45) is 0. The number of hydrogen-bond donors (Lipinski definition) is 0. The molecule has 0 unspecified atom stereocenters. The summed E-state index contributed by atoms with van der Waals surface area (Å²) in [5.74, 6) is 1.16. The fourth-order valence-corrected chi connectivity index (χ4v) is 6.93. The van der Waals surface area contributed by atoms with E-state index < -0.39 is 0 Å². The smallest absolute Gasteiger partial charge is 0.509 e. The summed E-state index contributed by atoms with van der Waals surface area (Å²) in [5, 5.41) is 6.91. The topological polar surface area (TPSA) is 33.1 Å². The molecule has 0 saturated heterocycles. The number of aryl methyl sites for hydroxylation is 2. The number of fused-ring (bicyclic) bond motifs is 3. The van der Waals surface area contributed by atoms with Gasteiger partial charge in [0, 0.05) is 23.3 Å². The van der Waals surface area contributed by atoms with Crippen molar-refractivity contribution in [2.24, 2.45) is 0 Å². The molecule has 0 spiro atoms. The van der Waals surface area contributed by atoms with E-state index in [-0.39, 0.29) is 21.1 Å². The predicted octanol–water partition coefficient (Wildman–Crippen LogP) is 11.2. The minimum Gasteiger partial charge on any atom is -0.509 e. The van der Waals surface area contributed by atoms with Gasteiger partial charge in [0.15, 0.2) is 0 Å². The molecule has 5 nitrogen and oxygen atoms in total. The van der Waals surface area contributed by atoms with Gasteiger partial charge in [0.2, 0.25) is 5.69 Å². The van der Waals surface area contributed by atoms with E-state index in [2.05, 4.69) is 148 Å². The molecule has 9 rings (SSSR count). The molecule has 0 amide bonds. The van der Waals surface area contributed by atoms with E-state index in [1.807, 2.05) is 61.0 Å². The first-order valence-electron chi connectivity index (χ1n) is 17.0. The quantitative estimate of drug-likeness (QED) is 0.118. The summed E-state index contributed by atoms with van der Waals surface area (Å²) >= 11 is 0. The maximum atomic E-state index is 6.39. The van der Waals surface area contributed by atoms with Gasteiger partial charge in [-0.15, -0.1) is 24.3 Å². The van der Waals surface area contributed by atoms with E-state index in [0.717, 1.165) is 72.9 Å². The van der Waals surface area contributed by atoms with Gasteiger partial charge in [0.25, 0.3) is 5.69 Å². The standard InChI is InChI=1S/C46H32N4O.Pt/c1-32-28-33(2)50(47-32)38-20-12-22-40(30-38)51-39-21-11-19-37(29-39)48-31-49(46-43-23-10-9-18-36(43)26-27-44(46)48)45-41(34-14-5-3-6-15-34)24-13-25-42(45)35-16-7-4-8-17-35;/h3-28H,1-2H3;/q;+2. The zero-order valence-electron chi connectivity index (χ0n) is 28.5. The SMILES string of the molecule is Cc1cc(C)n(-c2[c-]c(Oc3[c-]c([N+]4=C=[N+](c5c(-c6ccccc6)cccc5-c5ccccc5)c5c4ccc4ccccc54)ccc3)ccc2)n1.[Pt+2]. The van der Waals surface area contributed by atoms with Gasteiger partial charge < -0.3 is 4.74 Å². The Morgan fingerprint density at radius 1 is 0.596 bits per heavy atom. The number of rotatable bonds is 7. The first-order valence-corrected chi connectivity index (χ1v) is 17.0. The third-order valence-corrected chi connectivity index (χ3v) is 9.18. The molecular weight excluding hydrogens is 820 g/mol. The molecule has 0 saturated carbocycles. The van der Waals surface area contributed by atoms with Crippen LogP contribution in [0.25, 0.3) is 38.7 Å². The Balaban J connectivity index is 0.00000387. The average Bonchev–Trinajstić information content (AvgIpc) is 3.74. The minimum atomic E-state index is 0. The van der Waals surface area contributed by atoms with E-state index in [4.69, 9.17) is 4.74 Å². The normalized spacial score (nSPS) is 11.8. The molecule has 0 N–H and O–H groups in total. The first-order chi connectivity index (χ1) is 25.1. The maximum Gasteiger partial charge on any atom is 2.00 e. The Morgan fingerprint density at radius 2 is 1.23 bits per heavy atom. The van der Waals surface area contributed by atoms with E-state index in [9.17, 15) is 0 Å². The fourth-order valence-electron chi connectivity index (χ4n) is 6.93. The molecule has 6 heteroatoms. The molecule has 0 aliphatic carbocycles. The number of benzene rings is 7. The van der Waals surface area contributed by atoms with Gasteiger partial charge in [-0.1, -0.05) is 102 Å². The summed E-state index contributed by atoms with van der Waals surface area (Å²) in [4.78, 5) is 0. The van der Waals surface area contributed by atoms with Crippen LogP contribution in [0, 0.1) is 26.0 Å². The molecule has 0 atom stereocenters. The van der Waals surface area contributed by atoms with Gasteiger partial charge in [-0.25, -0.2) is 0 Å². The van der Waals surface area contributed by atoms with Crippen molar-refractivity contribution in [2.45, 2.75) is 13.8 Å². The van der Waals surface area contributed by atoms with Crippen LogP contribution in [-0.2, 0) is 21.1 Å². The van der Waals surface area contributed by atoms with Crippen molar-refractivity contribution < 1.29 is 25.8 Å². The summed E-state index contributed by atoms with van der Waals surface area (Å²) in [6, 6.07) is 65.1. The van der Waals surface area contributed by atoms with Crippen molar-refractivity contribution in [1.29, 1.82) is 0 Å². The summed E-state index contributed by atoms with van der Waals surface area (Å²) in [6.45, 7) is 4.02. The van der Waals surface area contributed by atoms with Gasteiger partial charge >= 0.3 is 32.8 Å². The van der Waals surface area contributed by atoms with Gasteiger partial charge in [-0.3, -0.25) is 4.68 Å². The van der Waals surface area contributed by atoms with Crippen molar-refractivity contribution in [3.63, 3.8) is 0 Å². The van der Waals surface area contributed by atoms with Crippen LogP contribution in [0.1, 0.15) is 11.4 Å². The van der Waals surface area contributed by atoms with Crippen LogP contribution in [0.3, 0.4) is 0 Å². The molecule has 7 aromatic carbocycles. The van der Waals surface area contributed by atoms with Crippen molar-refractivity contribution >= 4 is 39.5 Å². The number of nitrogens with zero attached hydrogens (tertiary/aromatic N) is 4. The Hall–Kier alpha value is -6.12. The number of para-hydroxylation sites is 1. The van der Waals surface area contributed by atoms with E-state index in [1.54, 1.807) is 0 Å². The molecule has 1 aliphatic rings. The zero-order chi connectivity index (χ0) is 34.3. The fraction of sp³-hybridized carbons (Fsp3) is 0.0435. The second kappa shape index (κ2) is 13.9. The largest absolute Gasteiger partial charge is 2.00 e. The van der Waals surface area contributed by atoms with Crippen LogP contribution in [0.4, 0.5) is 22.7 Å². The van der Waals surface area contributed by atoms with Crippen molar-refractivity contribution in [1.82, 2.24) is 18.9 Å². The maximum absolute atomic E-state index is 6.39. The predicted molar refractivity (Wildman–Crippen MR) is 206 cm³/mol. The Morgan fingerprint density at radius 3 is 1.92 bits per heavy atom. The number of ether oxygens (including phenoxy) is 1. The third kappa shape index (κ3) is 6.01. The Kier molecular flexibility index (Phi) is 8.83. The molecule has 0 radical (unpaired) electrons. The molecule has 1 aliphatic heterocycles. The van der Waals surface area contributed by atoms with Crippen LogP contribution in [0.2, 0.25) is 0 Å². The van der Waals surface area contributed by atoms with Gasteiger partial charge in [0.1, 0.15) is 5.69 Å². The monoisotopic (exact) mass is 851 g/mol. The van der Waals surface area contributed by atoms with E-state index >= 15 is 0 Å². The van der Waals surface area contributed by atoms with Crippen LogP contribution >= 0.6 is 0 Å². The van der Waals surface area contributed by atoms with Crippen molar-refractivity contribution in [3.05, 3.63) is 181 Å². The van der Waals surface area contributed by atoms with Crippen LogP contribution < -0.4 is 13.9 Å². The summed E-state index contributed by atoms with van der Waals surface area (Å²) in [7, 11) is 0. The molecule has 0 bridgehead atoms. The minimum absolute atomic E-state index is 0. The van der Waals surface area contributed by atoms with Gasteiger partial charge in [-0.2, -0.15) is 17.2 Å². The van der Waals surface area contributed by atoms with E-state index in [0.29, 0.717) is 11.5 Å². The third-order valence-electron chi connectivity index (χ3n) is 9.18. The molecule has 0 fully saturated rings. The number of aromatic nitrogens is 2. The molecule has 1 aromatic heterocycles. The zero-order valence-corrected chi connectivity index (χ0v) is 30.8. The number of hydrogen-bond acceptors (Lipinski definition) is 2. The molecule has 2 heterocycles. The molecule has 250 valence electrons. The Labute approximate surface area is 317 Å². The van der Waals surface area contributed by atoms with E-state index in [1.165, 1.54) is 0 Å². The van der Waals surface area contributed by atoms with Gasteiger partial charge in [-0.05, 0) is 71.0 Å². The second-order valence-electron chi connectivity index (χ2n) is 12.6. The van der Waals surface area contributed by atoms with Crippen molar-refractivity contribution in [2.75, 3.05) is 0 Å². The molecular formula is C46H32N4OPt+2. The second-order valence-corrected chi connectivity index (χ2v) is 12.6. The van der Waals surface area contributed by atoms with Crippen LogP contribution in [0.15, 0.2) is 158 Å². The summed E-state index contributed by atoms with van der Waals surface area (Å²) < 4.78 is 12.6. The average molecular weight is 852 g/mol. The van der Waals surface area contributed by atoms with Crippen LogP contribution in [-0.4, -0.2) is 15.8 Å². The Bertz CT molecular complexity index is 2620. The molecule has 52 heavy (non-hydrogen) atoms. The summed E-state index contributed by atoms with van der Waals surface area (Å²) in [5.41, 5.74) is 11.2. The van der Waals surface area contributed by atoms with Gasteiger partial charge in [0.05, 0.1) is 22.2 Å². The van der Waals surface area contributed by atoms with Crippen LogP contribution in [0.5, 0.6) is 11.5 Å².